The lowest BCUT2D eigenvalue weighted by Gasteiger charge is -2.16. The molecule has 0 spiro atoms. The van der Waals surface area contributed by atoms with Crippen molar-refractivity contribution in [3.05, 3.63) is 35.4 Å². The minimum Gasteiger partial charge on any atom is -0.299 e. The fourth-order valence-electron chi connectivity index (χ4n) is 1.59. The van der Waals surface area contributed by atoms with Gasteiger partial charge in [-0.25, -0.2) is 0 Å². The molecule has 1 rings (SSSR count). The molecule has 1 nitrogen and oxygen atoms in total. The molecule has 0 fully saturated rings. The summed E-state index contributed by atoms with van der Waals surface area (Å²) in [5.74, 6) is 0.325. The van der Waals surface area contributed by atoms with Gasteiger partial charge < -0.3 is 0 Å². The lowest BCUT2D eigenvalue weighted by molar-refractivity contribution is -0.120. The molecule has 0 aliphatic carbocycles. The number of carbonyl (C=O) groups excluding carboxylic acids is 1. The van der Waals surface area contributed by atoms with E-state index >= 15 is 0 Å². The van der Waals surface area contributed by atoms with Crippen LogP contribution in [0.5, 0.6) is 0 Å². The first-order valence-electron chi connectivity index (χ1n) is 5.44. The van der Waals surface area contributed by atoms with Crippen molar-refractivity contribution in [3.8, 4) is 0 Å². The summed E-state index contributed by atoms with van der Waals surface area (Å²) < 4.78 is 0. The average Bonchev–Trinajstić information content (AvgIpc) is 2.05. The third kappa shape index (κ3) is 4.78. The zero-order valence-electron chi connectivity index (χ0n) is 10.1. The molecule has 0 unspecified atom stereocenters. The standard InChI is InChI=1S/C14H20O/c1-11-5-7-12(8-6-11)9-13(15)10-14(2,3)4/h5-8H,9-10H2,1-4H3. The topological polar surface area (TPSA) is 17.1 Å². The first-order chi connectivity index (χ1) is 6.87. The molecule has 0 aliphatic rings. The highest BCUT2D eigenvalue weighted by atomic mass is 16.1. The van der Waals surface area contributed by atoms with Crippen molar-refractivity contribution in [2.45, 2.75) is 40.5 Å². The molecular formula is C14H20O. The number of ketones is 1. The van der Waals surface area contributed by atoms with Gasteiger partial charge in [-0.1, -0.05) is 50.6 Å². The first-order valence-corrected chi connectivity index (χ1v) is 5.44. The Bertz CT molecular complexity index is 327. The smallest absolute Gasteiger partial charge is 0.137 e. The van der Waals surface area contributed by atoms with Gasteiger partial charge in [0.25, 0.3) is 0 Å². The molecule has 0 aliphatic heterocycles. The van der Waals surface area contributed by atoms with Crippen molar-refractivity contribution in [2.75, 3.05) is 0 Å². The molecule has 0 heterocycles. The van der Waals surface area contributed by atoms with Gasteiger partial charge >= 0.3 is 0 Å². The van der Waals surface area contributed by atoms with Crippen LogP contribution in [0.15, 0.2) is 24.3 Å². The maximum atomic E-state index is 11.7. The van der Waals surface area contributed by atoms with Gasteiger partial charge in [0, 0.05) is 12.8 Å². The fraction of sp³-hybridized carbons (Fsp3) is 0.500. The van der Waals surface area contributed by atoms with E-state index in [9.17, 15) is 4.79 Å². The predicted molar refractivity (Wildman–Crippen MR) is 64.0 cm³/mol. The number of aryl methyl sites for hydroxylation is 1. The third-order valence-electron chi connectivity index (χ3n) is 2.25. The van der Waals surface area contributed by atoms with E-state index < -0.39 is 0 Å². The molecule has 1 heteroatoms. The summed E-state index contributed by atoms with van der Waals surface area (Å²) in [6.45, 7) is 8.35. The number of rotatable bonds is 3. The molecule has 0 aromatic heterocycles. The molecule has 0 atom stereocenters. The molecule has 1 aromatic carbocycles. The van der Waals surface area contributed by atoms with E-state index in [2.05, 4.69) is 39.8 Å². The summed E-state index contributed by atoms with van der Waals surface area (Å²) in [5, 5.41) is 0. The Kier molecular flexibility index (Phi) is 3.67. The van der Waals surface area contributed by atoms with Crippen LogP contribution in [0.4, 0.5) is 0 Å². The molecule has 82 valence electrons. The summed E-state index contributed by atoms with van der Waals surface area (Å²) in [6.07, 6.45) is 1.22. The van der Waals surface area contributed by atoms with Crippen molar-refractivity contribution in [1.82, 2.24) is 0 Å². The Morgan fingerprint density at radius 3 is 2.13 bits per heavy atom. The van der Waals surface area contributed by atoms with Crippen LogP contribution in [-0.2, 0) is 11.2 Å². The Morgan fingerprint density at radius 2 is 1.67 bits per heavy atom. The minimum atomic E-state index is 0.0990. The molecule has 15 heavy (non-hydrogen) atoms. The highest BCUT2D eigenvalue weighted by Gasteiger charge is 2.15. The van der Waals surface area contributed by atoms with E-state index in [0.29, 0.717) is 18.6 Å². The van der Waals surface area contributed by atoms with E-state index in [0.717, 1.165) is 5.56 Å². The molecule has 0 saturated carbocycles. The van der Waals surface area contributed by atoms with Crippen molar-refractivity contribution < 1.29 is 4.79 Å². The van der Waals surface area contributed by atoms with Crippen LogP contribution in [0.3, 0.4) is 0 Å². The second-order valence-corrected chi connectivity index (χ2v) is 5.44. The van der Waals surface area contributed by atoms with Crippen LogP contribution in [-0.4, -0.2) is 5.78 Å². The number of carbonyl (C=O) groups is 1. The lowest BCUT2D eigenvalue weighted by Crippen LogP contribution is -2.14. The first kappa shape index (κ1) is 12.0. The quantitative estimate of drug-likeness (QED) is 0.736. The SMILES string of the molecule is Cc1ccc(CC(=O)CC(C)(C)C)cc1. The number of Topliss-reactive ketones (excluding diaryl/α,β-unsaturated/α-hetero) is 1. The normalized spacial score (nSPS) is 11.5. The highest BCUT2D eigenvalue weighted by Crippen LogP contribution is 2.20. The lowest BCUT2D eigenvalue weighted by atomic mass is 9.88. The van der Waals surface area contributed by atoms with E-state index in [1.165, 1.54) is 5.56 Å². The average molecular weight is 204 g/mol. The molecule has 0 bridgehead atoms. The number of hydrogen-bond donors (Lipinski definition) is 0. The maximum Gasteiger partial charge on any atom is 0.137 e. The van der Waals surface area contributed by atoms with Gasteiger partial charge in [0.2, 0.25) is 0 Å². The Labute approximate surface area is 92.5 Å². The van der Waals surface area contributed by atoms with E-state index in [-0.39, 0.29) is 5.41 Å². The zero-order valence-corrected chi connectivity index (χ0v) is 10.1. The molecule has 0 saturated heterocycles. The van der Waals surface area contributed by atoms with Gasteiger partial charge in [-0.05, 0) is 17.9 Å². The van der Waals surface area contributed by atoms with Crippen molar-refractivity contribution in [2.24, 2.45) is 5.41 Å². The van der Waals surface area contributed by atoms with E-state index in [1.807, 2.05) is 12.1 Å². The molecule has 1 aromatic rings. The van der Waals surface area contributed by atoms with Crippen LogP contribution >= 0.6 is 0 Å². The largest absolute Gasteiger partial charge is 0.299 e. The van der Waals surface area contributed by atoms with Gasteiger partial charge in [-0.2, -0.15) is 0 Å². The third-order valence-corrected chi connectivity index (χ3v) is 2.25. The number of benzene rings is 1. The second-order valence-electron chi connectivity index (χ2n) is 5.44. The highest BCUT2D eigenvalue weighted by molar-refractivity contribution is 5.81. The second kappa shape index (κ2) is 4.61. The van der Waals surface area contributed by atoms with Gasteiger partial charge in [0.05, 0.1) is 0 Å². The summed E-state index contributed by atoms with van der Waals surface area (Å²) in [5.41, 5.74) is 2.46. The molecule has 0 amide bonds. The van der Waals surface area contributed by atoms with E-state index in [4.69, 9.17) is 0 Å². The van der Waals surface area contributed by atoms with Crippen molar-refractivity contribution in [1.29, 1.82) is 0 Å². The van der Waals surface area contributed by atoms with Crippen LogP contribution in [0.25, 0.3) is 0 Å². The maximum absolute atomic E-state index is 11.7. The van der Waals surface area contributed by atoms with Gasteiger partial charge in [-0.15, -0.1) is 0 Å². The Balaban J connectivity index is 2.55. The van der Waals surface area contributed by atoms with Gasteiger partial charge in [-0.3, -0.25) is 4.79 Å². The van der Waals surface area contributed by atoms with E-state index in [1.54, 1.807) is 0 Å². The number of hydrogen-bond acceptors (Lipinski definition) is 1. The van der Waals surface area contributed by atoms with Crippen molar-refractivity contribution >= 4 is 5.78 Å². The molecule has 0 N–H and O–H groups in total. The van der Waals surface area contributed by atoms with Gasteiger partial charge in [0.1, 0.15) is 5.78 Å². The zero-order chi connectivity index (χ0) is 11.5. The minimum absolute atomic E-state index is 0.0990. The van der Waals surface area contributed by atoms with Crippen LogP contribution in [0.2, 0.25) is 0 Å². The van der Waals surface area contributed by atoms with Crippen molar-refractivity contribution in [3.63, 3.8) is 0 Å². The Hall–Kier alpha value is -1.11. The van der Waals surface area contributed by atoms with Gasteiger partial charge in [0.15, 0.2) is 0 Å². The summed E-state index contributed by atoms with van der Waals surface area (Å²) in [4.78, 5) is 11.7. The molecule has 0 radical (unpaired) electrons. The van der Waals surface area contributed by atoms with Crippen LogP contribution in [0.1, 0.15) is 38.3 Å². The summed E-state index contributed by atoms with van der Waals surface area (Å²) in [6, 6.07) is 8.19. The molecular weight excluding hydrogens is 184 g/mol. The summed E-state index contributed by atoms with van der Waals surface area (Å²) >= 11 is 0. The van der Waals surface area contributed by atoms with Crippen LogP contribution < -0.4 is 0 Å². The van der Waals surface area contributed by atoms with Crippen LogP contribution in [0, 0.1) is 12.3 Å². The fourth-order valence-corrected chi connectivity index (χ4v) is 1.59. The Morgan fingerprint density at radius 1 is 1.13 bits per heavy atom. The monoisotopic (exact) mass is 204 g/mol. The summed E-state index contributed by atoms with van der Waals surface area (Å²) in [7, 11) is 0. The predicted octanol–water partition coefficient (Wildman–Crippen LogP) is 3.54.